The molecule has 1 saturated carbocycles. The molecule has 0 spiro atoms. The van der Waals surface area contributed by atoms with Gasteiger partial charge in [-0.25, -0.2) is 0 Å². The minimum absolute atomic E-state index is 0.116. The molecule has 0 bridgehead atoms. The molecule has 3 unspecified atom stereocenters. The normalized spacial score (nSPS) is 28.4. The van der Waals surface area contributed by atoms with Crippen molar-refractivity contribution in [1.29, 1.82) is 0 Å². The molecular weight excluding hydrogens is 340 g/mol. The molecule has 0 aromatic heterocycles. The van der Waals surface area contributed by atoms with Gasteiger partial charge in [0.25, 0.3) is 0 Å². The first-order valence-corrected chi connectivity index (χ1v) is 11.1. The number of nitrogens with zero attached hydrogens (tertiary/aromatic N) is 3. The maximum absolute atomic E-state index is 12.9. The van der Waals surface area contributed by atoms with Crippen LogP contribution in [0.1, 0.15) is 58.8 Å². The topological polar surface area (TPSA) is 55.9 Å². The lowest BCUT2D eigenvalue weighted by Crippen LogP contribution is -2.55. The zero-order valence-corrected chi connectivity index (χ0v) is 17.3. The van der Waals surface area contributed by atoms with Gasteiger partial charge in [-0.15, -0.1) is 0 Å². The van der Waals surface area contributed by atoms with Crippen molar-refractivity contribution in [3.63, 3.8) is 0 Å². The Morgan fingerprint density at radius 2 is 1.56 bits per heavy atom. The molecule has 6 nitrogen and oxygen atoms in total. The fraction of sp³-hybridized carbons (Fsp3) is 0.905. The molecule has 2 amide bonds. The summed E-state index contributed by atoms with van der Waals surface area (Å²) in [6.45, 7) is 9.60. The number of rotatable bonds is 6. The number of carbonyl (C=O) groups is 2. The van der Waals surface area contributed by atoms with E-state index in [-0.39, 0.29) is 11.9 Å². The minimum atomic E-state index is 0.116. The third-order valence-corrected chi connectivity index (χ3v) is 6.77. The van der Waals surface area contributed by atoms with Crippen LogP contribution in [0.25, 0.3) is 0 Å². The molecule has 0 aromatic rings. The van der Waals surface area contributed by atoms with Crippen LogP contribution in [0.5, 0.6) is 0 Å². The molecule has 1 aliphatic carbocycles. The fourth-order valence-corrected chi connectivity index (χ4v) is 4.95. The molecule has 27 heavy (non-hydrogen) atoms. The van der Waals surface area contributed by atoms with E-state index in [1.165, 1.54) is 38.5 Å². The van der Waals surface area contributed by atoms with Crippen molar-refractivity contribution in [1.82, 2.24) is 20.0 Å². The smallest absolute Gasteiger partial charge is 0.237 e. The summed E-state index contributed by atoms with van der Waals surface area (Å²) in [5, 5.41) is 3.03. The quantitative estimate of drug-likeness (QED) is 0.764. The standard InChI is InChI=1S/C21H38N4O2/c1-3-17(2)22-20(26)15-23-11-13-24(14-12-23)16-21(27)25-10-6-8-18-7-4-5-9-19(18)25/h17-19H,3-16H2,1-2H3,(H,22,26). The molecule has 2 aliphatic heterocycles. The van der Waals surface area contributed by atoms with E-state index in [0.29, 0.717) is 25.0 Å². The van der Waals surface area contributed by atoms with E-state index in [2.05, 4.69) is 26.9 Å². The molecule has 3 atom stereocenters. The molecule has 0 radical (unpaired) electrons. The molecule has 3 fully saturated rings. The number of piperidine rings is 1. The molecule has 1 N–H and O–H groups in total. The Balaban J connectivity index is 1.41. The van der Waals surface area contributed by atoms with Gasteiger partial charge in [0.15, 0.2) is 0 Å². The highest BCUT2D eigenvalue weighted by molar-refractivity contribution is 5.79. The van der Waals surface area contributed by atoms with Crippen LogP contribution in [-0.2, 0) is 9.59 Å². The fourth-order valence-electron chi connectivity index (χ4n) is 4.95. The van der Waals surface area contributed by atoms with Crippen molar-refractivity contribution in [2.45, 2.75) is 70.9 Å². The second kappa shape index (κ2) is 9.87. The summed E-state index contributed by atoms with van der Waals surface area (Å²) in [6, 6.07) is 0.745. The highest BCUT2D eigenvalue weighted by Crippen LogP contribution is 2.35. The van der Waals surface area contributed by atoms with E-state index in [1.807, 2.05) is 6.92 Å². The molecular formula is C21H38N4O2. The molecule has 2 heterocycles. The molecule has 6 heteroatoms. The second-order valence-corrected chi connectivity index (χ2v) is 8.77. The van der Waals surface area contributed by atoms with E-state index >= 15 is 0 Å². The maximum atomic E-state index is 12.9. The van der Waals surface area contributed by atoms with Crippen LogP contribution in [-0.4, -0.2) is 84.4 Å². The summed E-state index contributed by atoms with van der Waals surface area (Å²) in [5.74, 6) is 1.19. The zero-order valence-electron chi connectivity index (χ0n) is 17.3. The Morgan fingerprint density at radius 3 is 2.26 bits per heavy atom. The van der Waals surface area contributed by atoms with Gasteiger partial charge in [-0.1, -0.05) is 19.8 Å². The summed E-state index contributed by atoms with van der Waals surface area (Å²) in [5.41, 5.74) is 0. The van der Waals surface area contributed by atoms with Gasteiger partial charge in [0.2, 0.25) is 11.8 Å². The summed E-state index contributed by atoms with van der Waals surface area (Å²) >= 11 is 0. The van der Waals surface area contributed by atoms with Crippen molar-refractivity contribution in [2.24, 2.45) is 5.92 Å². The van der Waals surface area contributed by atoms with Gasteiger partial charge in [0.05, 0.1) is 13.1 Å². The number of hydrogen-bond acceptors (Lipinski definition) is 4. The van der Waals surface area contributed by atoms with Gasteiger partial charge in [0, 0.05) is 44.8 Å². The maximum Gasteiger partial charge on any atom is 0.237 e. The Labute approximate surface area is 164 Å². The molecule has 0 aromatic carbocycles. The number of hydrogen-bond donors (Lipinski definition) is 1. The van der Waals surface area contributed by atoms with Gasteiger partial charge >= 0.3 is 0 Å². The van der Waals surface area contributed by atoms with E-state index in [4.69, 9.17) is 0 Å². The summed E-state index contributed by atoms with van der Waals surface area (Å²) in [4.78, 5) is 31.7. The van der Waals surface area contributed by atoms with E-state index < -0.39 is 0 Å². The average Bonchev–Trinajstić information content (AvgIpc) is 2.68. The predicted molar refractivity (Wildman–Crippen MR) is 107 cm³/mol. The van der Waals surface area contributed by atoms with Crippen LogP contribution in [0.2, 0.25) is 0 Å². The molecule has 154 valence electrons. The average molecular weight is 379 g/mol. The van der Waals surface area contributed by atoms with Crippen molar-refractivity contribution in [2.75, 3.05) is 45.8 Å². The Hall–Kier alpha value is -1.14. The number of fused-ring (bicyclic) bond motifs is 1. The third kappa shape index (κ3) is 5.67. The van der Waals surface area contributed by atoms with Crippen LogP contribution in [0, 0.1) is 5.92 Å². The Kier molecular flexibility index (Phi) is 7.53. The molecule has 2 saturated heterocycles. The van der Waals surface area contributed by atoms with Gasteiger partial charge in [-0.2, -0.15) is 0 Å². The Bertz CT molecular complexity index is 502. The zero-order chi connectivity index (χ0) is 19.2. The molecule has 3 rings (SSSR count). The predicted octanol–water partition coefficient (Wildman–Crippen LogP) is 1.70. The number of amides is 2. The van der Waals surface area contributed by atoms with Crippen LogP contribution in [0.15, 0.2) is 0 Å². The van der Waals surface area contributed by atoms with E-state index in [0.717, 1.165) is 45.1 Å². The SMILES string of the molecule is CCC(C)NC(=O)CN1CCN(CC(=O)N2CCCC3CCCCC32)CC1. The largest absolute Gasteiger partial charge is 0.353 e. The minimum Gasteiger partial charge on any atom is -0.353 e. The van der Waals surface area contributed by atoms with Gasteiger partial charge < -0.3 is 10.2 Å². The number of likely N-dealkylation sites (tertiary alicyclic amines) is 1. The van der Waals surface area contributed by atoms with Crippen LogP contribution in [0.4, 0.5) is 0 Å². The first-order valence-electron chi connectivity index (χ1n) is 11.1. The van der Waals surface area contributed by atoms with Gasteiger partial charge in [-0.3, -0.25) is 19.4 Å². The third-order valence-electron chi connectivity index (χ3n) is 6.77. The monoisotopic (exact) mass is 378 g/mol. The van der Waals surface area contributed by atoms with Crippen molar-refractivity contribution < 1.29 is 9.59 Å². The Morgan fingerprint density at radius 1 is 0.926 bits per heavy atom. The first kappa shape index (κ1) is 20.6. The molecule has 3 aliphatic rings. The second-order valence-electron chi connectivity index (χ2n) is 8.77. The van der Waals surface area contributed by atoms with Crippen molar-refractivity contribution in [3.05, 3.63) is 0 Å². The summed E-state index contributed by atoms with van der Waals surface area (Å²) in [6.07, 6.45) is 8.58. The van der Waals surface area contributed by atoms with Crippen molar-refractivity contribution in [3.8, 4) is 0 Å². The van der Waals surface area contributed by atoms with E-state index in [1.54, 1.807) is 0 Å². The van der Waals surface area contributed by atoms with Crippen LogP contribution >= 0.6 is 0 Å². The summed E-state index contributed by atoms with van der Waals surface area (Å²) in [7, 11) is 0. The van der Waals surface area contributed by atoms with Gasteiger partial charge in [0.1, 0.15) is 0 Å². The van der Waals surface area contributed by atoms with Gasteiger partial charge in [-0.05, 0) is 44.9 Å². The first-order chi connectivity index (χ1) is 13.1. The lowest BCUT2D eigenvalue weighted by atomic mass is 9.78. The summed E-state index contributed by atoms with van der Waals surface area (Å²) < 4.78 is 0. The highest BCUT2D eigenvalue weighted by Gasteiger charge is 2.36. The highest BCUT2D eigenvalue weighted by atomic mass is 16.2. The lowest BCUT2D eigenvalue weighted by Gasteiger charge is -2.45. The van der Waals surface area contributed by atoms with Crippen molar-refractivity contribution >= 4 is 11.8 Å². The number of carbonyl (C=O) groups excluding carboxylic acids is 2. The lowest BCUT2D eigenvalue weighted by molar-refractivity contribution is -0.139. The van der Waals surface area contributed by atoms with Crippen LogP contribution < -0.4 is 5.32 Å². The van der Waals surface area contributed by atoms with Crippen LogP contribution in [0.3, 0.4) is 0 Å². The number of piperazine rings is 1. The van der Waals surface area contributed by atoms with E-state index in [9.17, 15) is 9.59 Å². The number of nitrogens with one attached hydrogen (secondary N) is 1.